The van der Waals surface area contributed by atoms with Crippen LogP contribution in [0, 0.1) is 0 Å². The molecular weight excluding hydrogens is 202 g/mol. The van der Waals surface area contributed by atoms with Crippen LogP contribution in [0.25, 0.3) is 0 Å². The molecule has 4 heteroatoms. The van der Waals surface area contributed by atoms with E-state index in [2.05, 4.69) is 14.5 Å². The molecule has 0 saturated carbocycles. The van der Waals surface area contributed by atoms with Gasteiger partial charge in [-0.3, -0.25) is 0 Å². The summed E-state index contributed by atoms with van der Waals surface area (Å²) in [4.78, 5) is 6.99. The van der Waals surface area contributed by atoms with Crippen molar-refractivity contribution in [3.63, 3.8) is 0 Å². The van der Waals surface area contributed by atoms with Crippen molar-refractivity contribution in [1.29, 1.82) is 0 Å². The number of hydrogen-bond donors (Lipinski definition) is 0. The van der Waals surface area contributed by atoms with Crippen LogP contribution in [0.5, 0.6) is 0 Å². The van der Waals surface area contributed by atoms with Gasteiger partial charge in [0, 0.05) is 26.2 Å². The van der Waals surface area contributed by atoms with Crippen LogP contribution in [0.1, 0.15) is 38.1 Å². The Hall–Kier alpha value is -1.03. The Morgan fingerprint density at radius 1 is 1.38 bits per heavy atom. The topological polar surface area (TPSA) is 30.3 Å². The first kappa shape index (κ1) is 10.1. The van der Waals surface area contributed by atoms with Gasteiger partial charge in [0.2, 0.25) is 0 Å². The third-order valence-corrected chi connectivity index (χ3v) is 3.57. The van der Waals surface area contributed by atoms with Crippen LogP contribution in [0.2, 0.25) is 0 Å². The molecular formula is C12H19N3O. The predicted molar refractivity (Wildman–Crippen MR) is 62.7 cm³/mol. The van der Waals surface area contributed by atoms with Crippen LogP contribution in [0.3, 0.4) is 0 Å². The summed E-state index contributed by atoms with van der Waals surface area (Å²) < 4.78 is 8.04. The molecule has 2 aliphatic rings. The van der Waals surface area contributed by atoms with Crippen LogP contribution in [-0.4, -0.2) is 29.2 Å². The van der Waals surface area contributed by atoms with Crippen LogP contribution in [0.4, 0.5) is 5.82 Å². The van der Waals surface area contributed by atoms with Gasteiger partial charge in [0.05, 0.1) is 6.20 Å². The number of fused-ring (bicyclic) bond motifs is 1. The van der Waals surface area contributed by atoms with Gasteiger partial charge in [-0.2, -0.15) is 0 Å². The van der Waals surface area contributed by atoms with Crippen molar-refractivity contribution >= 4 is 5.82 Å². The van der Waals surface area contributed by atoms with E-state index in [1.165, 1.54) is 31.7 Å². The van der Waals surface area contributed by atoms with Crippen molar-refractivity contribution in [2.24, 2.45) is 0 Å². The quantitative estimate of drug-likeness (QED) is 0.781. The van der Waals surface area contributed by atoms with Gasteiger partial charge in [0.15, 0.2) is 0 Å². The van der Waals surface area contributed by atoms with E-state index in [-0.39, 0.29) is 6.10 Å². The third-order valence-electron chi connectivity index (χ3n) is 3.57. The molecule has 1 fully saturated rings. The molecule has 2 aliphatic heterocycles. The fraction of sp³-hybridized carbons (Fsp3) is 0.750. The van der Waals surface area contributed by atoms with E-state index in [1.807, 2.05) is 13.1 Å². The third kappa shape index (κ3) is 1.52. The van der Waals surface area contributed by atoms with E-state index in [4.69, 9.17) is 4.74 Å². The Balaban J connectivity index is 1.84. The highest BCUT2D eigenvalue weighted by Gasteiger charge is 2.28. The number of aromatic nitrogens is 2. The zero-order valence-corrected chi connectivity index (χ0v) is 9.85. The Morgan fingerprint density at radius 3 is 2.94 bits per heavy atom. The molecule has 0 unspecified atom stereocenters. The first-order valence-corrected chi connectivity index (χ1v) is 6.32. The maximum atomic E-state index is 5.70. The first-order chi connectivity index (χ1) is 7.90. The van der Waals surface area contributed by atoms with E-state index in [0.29, 0.717) is 0 Å². The molecule has 1 aromatic heterocycles. The van der Waals surface area contributed by atoms with E-state index < -0.39 is 0 Å². The summed E-state index contributed by atoms with van der Waals surface area (Å²) in [5, 5.41) is 0. The number of nitrogens with zero attached hydrogens (tertiary/aromatic N) is 3. The molecule has 1 atom stereocenters. The minimum Gasteiger partial charge on any atom is -0.371 e. The Labute approximate surface area is 96.2 Å². The molecule has 1 saturated heterocycles. The number of anilines is 1. The van der Waals surface area contributed by atoms with Gasteiger partial charge >= 0.3 is 0 Å². The van der Waals surface area contributed by atoms with Crippen molar-refractivity contribution in [1.82, 2.24) is 9.55 Å². The lowest BCUT2D eigenvalue weighted by atomic mass is 10.3. The molecule has 4 nitrogen and oxygen atoms in total. The molecule has 3 rings (SSSR count). The van der Waals surface area contributed by atoms with Crippen molar-refractivity contribution < 1.29 is 4.74 Å². The minimum absolute atomic E-state index is 0.223. The molecule has 16 heavy (non-hydrogen) atoms. The molecule has 0 spiro atoms. The highest BCUT2D eigenvalue weighted by molar-refractivity contribution is 5.41. The van der Waals surface area contributed by atoms with Crippen molar-refractivity contribution in [2.75, 3.05) is 24.6 Å². The van der Waals surface area contributed by atoms with Crippen LogP contribution < -0.4 is 4.90 Å². The standard InChI is InChI=1S/C12H19N3O/c1-2-16-10-5-8-15-11(9-13-12(10)15)14-6-3-4-7-14/h9-10H,2-8H2,1H3/t10-/m1/s1. The van der Waals surface area contributed by atoms with E-state index in [9.17, 15) is 0 Å². The molecule has 0 radical (unpaired) electrons. The predicted octanol–water partition coefficient (Wildman–Crippen LogP) is 1.96. The second-order valence-electron chi connectivity index (χ2n) is 4.55. The van der Waals surface area contributed by atoms with Crippen LogP contribution in [0.15, 0.2) is 6.20 Å². The summed E-state index contributed by atoms with van der Waals surface area (Å²) >= 11 is 0. The largest absolute Gasteiger partial charge is 0.371 e. The highest BCUT2D eigenvalue weighted by atomic mass is 16.5. The molecule has 3 heterocycles. The average molecular weight is 221 g/mol. The van der Waals surface area contributed by atoms with E-state index in [1.54, 1.807) is 0 Å². The monoisotopic (exact) mass is 221 g/mol. The number of hydrogen-bond acceptors (Lipinski definition) is 3. The van der Waals surface area contributed by atoms with Gasteiger partial charge in [0.1, 0.15) is 17.7 Å². The normalized spacial score (nSPS) is 24.1. The van der Waals surface area contributed by atoms with Crippen LogP contribution >= 0.6 is 0 Å². The second kappa shape index (κ2) is 4.09. The fourth-order valence-corrected chi connectivity index (χ4v) is 2.80. The first-order valence-electron chi connectivity index (χ1n) is 6.32. The maximum absolute atomic E-state index is 5.70. The van der Waals surface area contributed by atoms with Crippen molar-refractivity contribution in [2.45, 2.75) is 38.8 Å². The SMILES string of the molecule is CCO[C@@H]1CCn2c(N3CCCC3)cnc21. The molecule has 88 valence electrons. The average Bonchev–Trinajstić information content (AvgIpc) is 2.94. The lowest BCUT2D eigenvalue weighted by Gasteiger charge is -2.17. The van der Waals surface area contributed by atoms with E-state index in [0.717, 1.165) is 25.4 Å². The summed E-state index contributed by atoms with van der Waals surface area (Å²) in [7, 11) is 0. The second-order valence-corrected chi connectivity index (χ2v) is 4.55. The summed E-state index contributed by atoms with van der Waals surface area (Å²) in [6.45, 7) is 6.25. The van der Waals surface area contributed by atoms with Crippen molar-refractivity contribution in [3.05, 3.63) is 12.0 Å². The molecule has 0 N–H and O–H groups in total. The van der Waals surface area contributed by atoms with Gasteiger partial charge in [-0.05, 0) is 26.2 Å². The van der Waals surface area contributed by atoms with Crippen molar-refractivity contribution in [3.8, 4) is 0 Å². The zero-order valence-electron chi connectivity index (χ0n) is 9.85. The fourth-order valence-electron chi connectivity index (χ4n) is 2.80. The van der Waals surface area contributed by atoms with E-state index >= 15 is 0 Å². The Morgan fingerprint density at radius 2 is 2.19 bits per heavy atom. The van der Waals surface area contributed by atoms with Gasteiger partial charge in [-0.15, -0.1) is 0 Å². The summed E-state index contributed by atoms with van der Waals surface area (Å²) in [6, 6.07) is 0. The van der Waals surface area contributed by atoms with Gasteiger partial charge in [-0.1, -0.05) is 0 Å². The van der Waals surface area contributed by atoms with Gasteiger partial charge in [0.25, 0.3) is 0 Å². The summed E-state index contributed by atoms with van der Waals surface area (Å²) in [5.74, 6) is 2.43. The van der Waals surface area contributed by atoms with Gasteiger partial charge < -0.3 is 14.2 Å². The smallest absolute Gasteiger partial charge is 0.139 e. The zero-order chi connectivity index (χ0) is 11.0. The molecule has 0 amide bonds. The Kier molecular flexibility index (Phi) is 2.59. The molecule has 0 bridgehead atoms. The summed E-state index contributed by atoms with van der Waals surface area (Å²) in [6.07, 6.45) is 5.95. The maximum Gasteiger partial charge on any atom is 0.139 e. The minimum atomic E-state index is 0.223. The highest BCUT2D eigenvalue weighted by Crippen LogP contribution is 2.33. The van der Waals surface area contributed by atoms with Crippen LogP contribution in [-0.2, 0) is 11.3 Å². The lowest BCUT2D eigenvalue weighted by Crippen LogP contribution is -2.20. The molecule has 0 aromatic carbocycles. The number of rotatable bonds is 3. The Bertz CT molecular complexity index is 368. The lowest BCUT2D eigenvalue weighted by molar-refractivity contribution is 0.0612. The number of ether oxygens (including phenoxy) is 1. The number of imidazole rings is 1. The summed E-state index contributed by atoms with van der Waals surface area (Å²) in [5.41, 5.74) is 0. The van der Waals surface area contributed by atoms with Gasteiger partial charge in [-0.25, -0.2) is 4.98 Å². The molecule has 0 aliphatic carbocycles. The molecule has 1 aromatic rings.